The number of hydrogen-bond acceptors (Lipinski definition) is 3. The summed E-state index contributed by atoms with van der Waals surface area (Å²) in [4.78, 5) is 11.6. The number of aliphatic hydroxyl groups excluding tert-OH is 2. The van der Waals surface area contributed by atoms with Crippen molar-refractivity contribution in [1.82, 2.24) is 5.32 Å². The predicted molar refractivity (Wildman–Crippen MR) is 64.6 cm³/mol. The number of carbonyl (C=O) groups excluding carboxylic acids is 1. The Morgan fingerprint density at radius 3 is 2.56 bits per heavy atom. The van der Waals surface area contributed by atoms with Gasteiger partial charge in [-0.1, -0.05) is 11.6 Å². The number of nitrogens with one attached hydrogen (secondary N) is 1. The van der Waals surface area contributed by atoms with Crippen molar-refractivity contribution in [3.05, 3.63) is 33.3 Å². The Hall–Kier alpha value is -0.620. The van der Waals surface area contributed by atoms with Crippen LogP contribution < -0.4 is 5.32 Å². The van der Waals surface area contributed by atoms with E-state index in [0.29, 0.717) is 15.1 Å². The first-order valence-corrected chi connectivity index (χ1v) is 5.73. The van der Waals surface area contributed by atoms with Crippen LogP contribution >= 0.6 is 27.5 Å². The normalized spacial score (nSPS) is 10.6. The lowest BCUT2D eigenvalue weighted by Gasteiger charge is -2.13. The summed E-state index contributed by atoms with van der Waals surface area (Å²) in [5.74, 6) is -0.387. The van der Waals surface area contributed by atoms with Crippen molar-refractivity contribution in [2.24, 2.45) is 0 Å². The summed E-state index contributed by atoms with van der Waals surface area (Å²) in [6.07, 6.45) is 0. The third-order valence-electron chi connectivity index (χ3n) is 1.96. The molecule has 0 bridgehead atoms. The second-order valence-corrected chi connectivity index (χ2v) is 4.43. The van der Waals surface area contributed by atoms with Gasteiger partial charge in [-0.15, -0.1) is 0 Å². The molecule has 88 valence electrons. The number of carbonyl (C=O) groups is 1. The Labute approximate surface area is 106 Å². The van der Waals surface area contributed by atoms with Crippen LogP contribution in [0.4, 0.5) is 0 Å². The van der Waals surface area contributed by atoms with Crippen molar-refractivity contribution in [3.8, 4) is 0 Å². The number of benzene rings is 1. The van der Waals surface area contributed by atoms with E-state index >= 15 is 0 Å². The maximum atomic E-state index is 11.6. The van der Waals surface area contributed by atoms with Crippen LogP contribution in [-0.4, -0.2) is 35.4 Å². The molecule has 0 aliphatic rings. The molecular formula is C10H11BrClNO3. The van der Waals surface area contributed by atoms with Crippen LogP contribution in [0.2, 0.25) is 5.02 Å². The number of halogens is 2. The molecule has 1 amide bonds. The van der Waals surface area contributed by atoms with E-state index in [1.54, 1.807) is 12.1 Å². The fraction of sp³-hybridized carbons (Fsp3) is 0.300. The van der Waals surface area contributed by atoms with Gasteiger partial charge >= 0.3 is 0 Å². The Morgan fingerprint density at radius 2 is 2.06 bits per heavy atom. The fourth-order valence-corrected chi connectivity index (χ4v) is 1.48. The summed E-state index contributed by atoms with van der Waals surface area (Å²) < 4.78 is 0.701. The fourth-order valence-electron chi connectivity index (χ4n) is 1.06. The van der Waals surface area contributed by atoms with Crippen molar-refractivity contribution < 1.29 is 15.0 Å². The molecule has 0 radical (unpaired) electrons. The smallest absolute Gasteiger partial charge is 0.251 e. The van der Waals surface area contributed by atoms with Gasteiger partial charge in [-0.2, -0.15) is 0 Å². The molecule has 0 aliphatic heterocycles. The SMILES string of the molecule is O=C(NC(CO)CO)c1ccc(Br)c(Cl)c1. The Kier molecular flexibility index (Phi) is 5.21. The van der Waals surface area contributed by atoms with E-state index in [1.165, 1.54) is 6.07 Å². The lowest BCUT2D eigenvalue weighted by molar-refractivity contribution is 0.0879. The van der Waals surface area contributed by atoms with Crippen molar-refractivity contribution >= 4 is 33.4 Å². The van der Waals surface area contributed by atoms with Crippen LogP contribution in [0.1, 0.15) is 10.4 Å². The van der Waals surface area contributed by atoms with Crippen LogP contribution in [0.5, 0.6) is 0 Å². The average molecular weight is 309 g/mol. The highest BCUT2D eigenvalue weighted by Crippen LogP contribution is 2.23. The van der Waals surface area contributed by atoms with Gasteiger partial charge in [-0.25, -0.2) is 0 Å². The topological polar surface area (TPSA) is 69.6 Å². The molecule has 0 saturated heterocycles. The van der Waals surface area contributed by atoms with Gasteiger partial charge in [-0.3, -0.25) is 4.79 Å². The molecule has 0 atom stereocenters. The second-order valence-electron chi connectivity index (χ2n) is 3.16. The molecule has 0 saturated carbocycles. The number of rotatable bonds is 4. The number of amides is 1. The molecule has 1 rings (SSSR count). The van der Waals surface area contributed by atoms with Crippen LogP contribution in [0, 0.1) is 0 Å². The first-order valence-electron chi connectivity index (χ1n) is 4.56. The van der Waals surface area contributed by atoms with E-state index < -0.39 is 6.04 Å². The molecule has 0 heterocycles. The van der Waals surface area contributed by atoms with E-state index in [9.17, 15) is 4.79 Å². The van der Waals surface area contributed by atoms with Gasteiger partial charge in [0.2, 0.25) is 0 Å². The largest absolute Gasteiger partial charge is 0.394 e. The molecule has 3 N–H and O–H groups in total. The molecule has 4 nitrogen and oxygen atoms in total. The van der Waals surface area contributed by atoms with Crippen LogP contribution in [0.3, 0.4) is 0 Å². The van der Waals surface area contributed by atoms with Crippen LogP contribution in [-0.2, 0) is 0 Å². The minimum atomic E-state index is -0.657. The lowest BCUT2D eigenvalue weighted by atomic mass is 10.2. The molecular weight excluding hydrogens is 297 g/mol. The summed E-state index contributed by atoms with van der Waals surface area (Å²) in [5.41, 5.74) is 0.375. The zero-order valence-electron chi connectivity index (χ0n) is 8.28. The first-order chi connectivity index (χ1) is 7.58. The molecule has 0 fully saturated rings. The maximum Gasteiger partial charge on any atom is 0.251 e. The highest BCUT2D eigenvalue weighted by Gasteiger charge is 2.12. The van der Waals surface area contributed by atoms with E-state index in [1.807, 2.05) is 0 Å². The van der Waals surface area contributed by atoms with E-state index in [2.05, 4.69) is 21.2 Å². The van der Waals surface area contributed by atoms with Gasteiger partial charge < -0.3 is 15.5 Å². The van der Waals surface area contributed by atoms with Gasteiger partial charge in [0, 0.05) is 10.0 Å². The quantitative estimate of drug-likeness (QED) is 0.782. The highest BCUT2D eigenvalue weighted by atomic mass is 79.9. The van der Waals surface area contributed by atoms with Gasteiger partial charge in [0.05, 0.1) is 24.3 Å². The van der Waals surface area contributed by atoms with Crippen molar-refractivity contribution in [2.75, 3.05) is 13.2 Å². The molecule has 0 aromatic heterocycles. The summed E-state index contributed by atoms with van der Waals surface area (Å²) >= 11 is 9.05. The van der Waals surface area contributed by atoms with Crippen LogP contribution in [0.25, 0.3) is 0 Å². The van der Waals surface area contributed by atoms with Crippen molar-refractivity contribution in [1.29, 1.82) is 0 Å². The Balaban J connectivity index is 2.76. The Morgan fingerprint density at radius 1 is 1.44 bits per heavy atom. The maximum absolute atomic E-state index is 11.6. The lowest BCUT2D eigenvalue weighted by Crippen LogP contribution is -2.40. The first kappa shape index (κ1) is 13.4. The van der Waals surface area contributed by atoms with Gasteiger partial charge in [0.25, 0.3) is 5.91 Å². The minimum absolute atomic E-state index is 0.313. The summed E-state index contributed by atoms with van der Waals surface area (Å²) in [5, 5.41) is 20.5. The molecule has 0 unspecified atom stereocenters. The number of aliphatic hydroxyl groups is 2. The molecule has 0 spiro atoms. The molecule has 0 aliphatic carbocycles. The van der Waals surface area contributed by atoms with Gasteiger partial charge in [0.1, 0.15) is 0 Å². The number of hydrogen-bond donors (Lipinski definition) is 3. The summed E-state index contributed by atoms with van der Waals surface area (Å²) in [6.45, 7) is -0.626. The van der Waals surface area contributed by atoms with E-state index in [0.717, 1.165) is 0 Å². The standard InChI is InChI=1S/C10H11BrClNO3/c11-8-2-1-6(3-9(8)12)10(16)13-7(4-14)5-15/h1-3,7,14-15H,4-5H2,(H,13,16). The van der Waals surface area contributed by atoms with Gasteiger partial charge in [-0.05, 0) is 34.1 Å². The molecule has 16 heavy (non-hydrogen) atoms. The summed E-state index contributed by atoms with van der Waals surface area (Å²) in [7, 11) is 0. The monoisotopic (exact) mass is 307 g/mol. The predicted octanol–water partition coefficient (Wildman–Crippen LogP) is 1.19. The molecule has 6 heteroatoms. The zero-order valence-corrected chi connectivity index (χ0v) is 10.6. The zero-order chi connectivity index (χ0) is 12.1. The van der Waals surface area contributed by atoms with Crippen molar-refractivity contribution in [3.63, 3.8) is 0 Å². The second kappa shape index (κ2) is 6.20. The van der Waals surface area contributed by atoms with Gasteiger partial charge in [0.15, 0.2) is 0 Å². The van der Waals surface area contributed by atoms with Crippen LogP contribution in [0.15, 0.2) is 22.7 Å². The highest BCUT2D eigenvalue weighted by molar-refractivity contribution is 9.10. The third-order valence-corrected chi connectivity index (χ3v) is 3.19. The average Bonchev–Trinajstić information content (AvgIpc) is 2.29. The summed E-state index contributed by atoms with van der Waals surface area (Å²) in [6, 6.07) is 4.10. The molecule has 1 aromatic rings. The van der Waals surface area contributed by atoms with Crippen molar-refractivity contribution in [2.45, 2.75) is 6.04 Å². The van der Waals surface area contributed by atoms with E-state index in [-0.39, 0.29) is 19.1 Å². The van der Waals surface area contributed by atoms with E-state index in [4.69, 9.17) is 21.8 Å². The third kappa shape index (κ3) is 3.45. The molecule has 1 aromatic carbocycles. The minimum Gasteiger partial charge on any atom is -0.394 e. The Bertz CT molecular complexity index is 382.